The van der Waals surface area contributed by atoms with Gasteiger partial charge in [-0.25, -0.2) is 13.6 Å². The van der Waals surface area contributed by atoms with Gasteiger partial charge in [-0.1, -0.05) is 6.07 Å². The number of hydrogen-bond donors (Lipinski definition) is 3. The van der Waals surface area contributed by atoms with Crippen LogP contribution in [0, 0.1) is 6.92 Å². The fourth-order valence-electron chi connectivity index (χ4n) is 1.64. The topological polar surface area (TPSA) is 70.6 Å². The Bertz CT molecular complexity index is 470. The maximum Gasteiger partial charge on any atom is 0.319 e. The first kappa shape index (κ1) is 17.2. The van der Waals surface area contributed by atoms with Crippen LogP contribution in [0.3, 0.4) is 0 Å². The lowest BCUT2D eigenvalue weighted by Crippen LogP contribution is -2.36. The van der Waals surface area contributed by atoms with Gasteiger partial charge in [0.2, 0.25) is 0 Å². The molecule has 1 aromatic carbocycles. The van der Waals surface area contributed by atoms with Gasteiger partial charge in [0.05, 0.1) is 0 Å². The summed E-state index contributed by atoms with van der Waals surface area (Å²) >= 11 is 0. The van der Waals surface area contributed by atoms with Crippen molar-refractivity contribution in [3.63, 3.8) is 0 Å². The SMILES string of the molecule is Cc1ccc(NC(=O)N[C@H](C)CCO)cc1OCC(F)F. The molecule has 0 bridgehead atoms. The van der Waals surface area contributed by atoms with Crippen molar-refractivity contribution in [1.82, 2.24) is 5.32 Å². The van der Waals surface area contributed by atoms with Gasteiger partial charge in [-0.3, -0.25) is 0 Å². The lowest BCUT2D eigenvalue weighted by atomic mass is 10.2. The highest BCUT2D eigenvalue weighted by Crippen LogP contribution is 2.23. The number of alkyl halides is 2. The lowest BCUT2D eigenvalue weighted by molar-refractivity contribution is 0.0816. The smallest absolute Gasteiger partial charge is 0.319 e. The van der Waals surface area contributed by atoms with Gasteiger partial charge in [0.25, 0.3) is 6.43 Å². The Kier molecular flexibility index (Phi) is 6.87. The van der Waals surface area contributed by atoms with E-state index in [2.05, 4.69) is 10.6 Å². The molecule has 0 aliphatic rings. The third-order valence-corrected chi connectivity index (χ3v) is 2.75. The molecule has 7 heteroatoms. The average Bonchev–Trinajstić information content (AvgIpc) is 2.39. The Morgan fingerprint density at radius 2 is 2.14 bits per heavy atom. The number of halogens is 2. The number of carbonyl (C=O) groups excluding carboxylic acids is 1. The summed E-state index contributed by atoms with van der Waals surface area (Å²) in [5.41, 5.74) is 1.15. The molecular formula is C14H20F2N2O3. The number of amides is 2. The minimum atomic E-state index is -2.55. The zero-order valence-electron chi connectivity index (χ0n) is 12.0. The highest BCUT2D eigenvalue weighted by molar-refractivity contribution is 5.89. The minimum Gasteiger partial charge on any atom is -0.487 e. The summed E-state index contributed by atoms with van der Waals surface area (Å²) in [6.45, 7) is 2.79. The summed E-state index contributed by atoms with van der Waals surface area (Å²) in [4.78, 5) is 11.7. The number of anilines is 1. The van der Waals surface area contributed by atoms with E-state index in [1.807, 2.05) is 0 Å². The van der Waals surface area contributed by atoms with E-state index in [0.717, 1.165) is 0 Å². The zero-order chi connectivity index (χ0) is 15.8. The van der Waals surface area contributed by atoms with Crippen LogP contribution in [0.5, 0.6) is 5.75 Å². The number of carbonyl (C=O) groups is 1. The van der Waals surface area contributed by atoms with Crippen LogP contribution in [0.4, 0.5) is 19.3 Å². The van der Waals surface area contributed by atoms with Crippen LogP contribution in [-0.2, 0) is 0 Å². The number of nitrogens with one attached hydrogen (secondary N) is 2. The first-order valence-corrected chi connectivity index (χ1v) is 6.62. The molecule has 5 nitrogen and oxygen atoms in total. The van der Waals surface area contributed by atoms with Gasteiger partial charge in [-0.15, -0.1) is 0 Å². The summed E-state index contributed by atoms with van der Waals surface area (Å²) in [6.07, 6.45) is -2.10. The molecule has 1 aromatic rings. The second-order valence-corrected chi connectivity index (χ2v) is 4.69. The molecule has 21 heavy (non-hydrogen) atoms. The molecule has 0 radical (unpaired) electrons. The number of aliphatic hydroxyl groups is 1. The summed E-state index contributed by atoms with van der Waals surface area (Å²) in [5, 5.41) is 14.0. The maximum absolute atomic E-state index is 12.2. The monoisotopic (exact) mass is 302 g/mol. The lowest BCUT2D eigenvalue weighted by Gasteiger charge is -2.15. The van der Waals surface area contributed by atoms with E-state index in [9.17, 15) is 13.6 Å². The van der Waals surface area contributed by atoms with Crippen molar-refractivity contribution >= 4 is 11.7 Å². The molecule has 0 aliphatic heterocycles. The molecule has 0 spiro atoms. The molecule has 2 amide bonds. The number of benzene rings is 1. The number of aliphatic hydroxyl groups excluding tert-OH is 1. The van der Waals surface area contributed by atoms with Crippen LogP contribution in [0.1, 0.15) is 18.9 Å². The van der Waals surface area contributed by atoms with Gasteiger partial charge < -0.3 is 20.5 Å². The number of urea groups is 1. The van der Waals surface area contributed by atoms with E-state index in [1.165, 1.54) is 6.07 Å². The summed E-state index contributed by atoms with van der Waals surface area (Å²) in [5.74, 6) is 0.302. The summed E-state index contributed by atoms with van der Waals surface area (Å²) in [6, 6.07) is 4.22. The van der Waals surface area contributed by atoms with Crippen LogP contribution in [0.2, 0.25) is 0 Å². The standard InChI is InChI=1S/C14H20F2N2O3/c1-9-3-4-11(7-12(9)21-8-13(15)16)18-14(20)17-10(2)5-6-19/h3-4,7,10,13,19H,5-6,8H2,1-2H3,(H2,17,18,20)/t10-/m1/s1. The molecule has 0 fully saturated rings. The molecule has 1 atom stereocenters. The fourth-order valence-corrected chi connectivity index (χ4v) is 1.64. The fraction of sp³-hybridized carbons (Fsp3) is 0.500. The van der Waals surface area contributed by atoms with Crippen LogP contribution in [0.25, 0.3) is 0 Å². The van der Waals surface area contributed by atoms with Crippen molar-refractivity contribution in [1.29, 1.82) is 0 Å². The number of hydrogen-bond acceptors (Lipinski definition) is 3. The third kappa shape index (κ3) is 6.40. The number of ether oxygens (including phenoxy) is 1. The quantitative estimate of drug-likeness (QED) is 0.725. The average molecular weight is 302 g/mol. The highest BCUT2D eigenvalue weighted by atomic mass is 19.3. The largest absolute Gasteiger partial charge is 0.487 e. The highest BCUT2D eigenvalue weighted by Gasteiger charge is 2.10. The van der Waals surface area contributed by atoms with Gasteiger partial charge in [0.15, 0.2) is 0 Å². The third-order valence-electron chi connectivity index (χ3n) is 2.75. The second kappa shape index (κ2) is 8.41. The normalized spacial score (nSPS) is 12.1. The minimum absolute atomic E-state index is 0.0163. The van der Waals surface area contributed by atoms with E-state index in [1.54, 1.807) is 26.0 Å². The van der Waals surface area contributed by atoms with Crippen LogP contribution in [-0.4, -0.2) is 36.8 Å². The molecule has 118 valence electrons. The Balaban J connectivity index is 2.62. The summed E-state index contributed by atoms with van der Waals surface area (Å²) < 4.78 is 29.3. The van der Waals surface area contributed by atoms with Gasteiger partial charge in [-0.2, -0.15) is 0 Å². The van der Waals surface area contributed by atoms with Crippen molar-refractivity contribution in [2.24, 2.45) is 0 Å². The van der Waals surface area contributed by atoms with Gasteiger partial charge in [-0.05, 0) is 31.9 Å². The van der Waals surface area contributed by atoms with Gasteiger partial charge in [0.1, 0.15) is 12.4 Å². The first-order chi connectivity index (χ1) is 9.92. The van der Waals surface area contributed by atoms with Crippen molar-refractivity contribution in [3.05, 3.63) is 23.8 Å². The molecule has 1 rings (SSSR count). The summed E-state index contributed by atoms with van der Waals surface area (Å²) in [7, 11) is 0. The van der Waals surface area contributed by atoms with Crippen molar-refractivity contribution in [2.75, 3.05) is 18.5 Å². The van der Waals surface area contributed by atoms with Crippen LogP contribution < -0.4 is 15.4 Å². The Morgan fingerprint density at radius 3 is 2.76 bits per heavy atom. The van der Waals surface area contributed by atoms with E-state index >= 15 is 0 Å². The molecule has 0 unspecified atom stereocenters. The first-order valence-electron chi connectivity index (χ1n) is 6.62. The maximum atomic E-state index is 12.2. The van der Waals surface area contributed by atoms with E-state index in [0.29, 0.717) is 23.4 Å². The van der Waals surface area contributed by atoms with Gasteiger partial charge in [0, 0.05) is 24.4 Å². The predicted octanol–water partition coefficient (Wildman–Crippen LogP) is 2.53. The number of aryl methyl sites for hydroxylation is 1. The van der Waals surface area contributed by atoms with Crippen molar-refractivity contribution < 1.29 is 23.4 Å². The molecule has 0 aromatic heterocycles. The van der Waals surface area contributed by atoms with E-state index in [-0.39, 0.29) is 12.6 Å². The second-order valence-electron chi connectivity index (χ2n) is 4.69. The molecule has 0 saturated heterocycles. The zero-order valence-corrected chi connectivity index (χ0v) is 12.0. The molecule has 0 aliphatic carbocycles. The molecule has 0 heterocycles. The van der Waals surface area contributed by atoms with Crippen molar-refractivity contribution in [3.8, 4) is 5.75 Å². The van der Waals surface area contributed by atoms with Crippen LogP contribution in [0.15, 0.2) is 18.2 Å². The van der Waals surface area contributed by atoms with E-state index < -0.39 is 19.1 Å². The molecular weight excluding hydrogens is 282 g/mol. The van der Waals surface area contributed by atoms with Gasteiger partial charge >= 0.3 is 6.03 Å². The Morgan fingerprint density at radius 1 is 1.43 bits per heavy atom. The molecule has 3 N–H and O–H groups in total. The Hall–Kier alpha value is -1.89. The molecule has 0 saturated carbocycles. The number of rotatable bonds is 7. The Labute approximate surface area is 122 Å². The predicted molar refractivity (Wildman–Crippen MR) is 76.0 cm³/mol. The van der Waals surface area contributed by atoms with E-state index in [4.69, 9.17) is 9.84 Å². The van der Waals surface area contributed by atoms with Crippen LogP contribution >= 0.6 is 0 Å². The van der Waals surface area contributed by atoms with Crippen molar-refractivity contribution in [2.45, 2.75) is 32.7 Å².